The van der Waals surface area contributed by atoms with E-state index < -0.39 is 0 Å². The van der Waals surface area contributed by atoms with Crippen LogP contribution < -0.4 is 5.32 Å². The van der Waals surface area contributed by atoms with Crippen LogP contribution in [0, 0.1) is 0 Å². The van der Waals surface area contributed by atoms with Crippen LogP contribution in [0.25, 0.3) is 11.2 Å². The van der Waals surface area contributed by atoms with Crippen molar-refractivity contribution in [2.24, 2.45) is 0 Å². The average molecular weight is 401 g/mol. The molecule has 5 nitrogen and oxygen atoms in total. The summed E-state index contributed by atoms with van der Waals surface area (Å²) in [7, 11) is 0. The number of pyridine rings is 1. The van der Waals surface area contributed by atoms with Crippen molar-refractivity contribution in [1.29, 1.82) is 0 Å². The lowest BCUT2D eigenvalue weighted by Gasteiger charge is -2.20. The maximum Gasteiger partial charge on any atom is 0.230 e. The predicted octanol–water partition coefficient (Wildman–Crippen LogP) is 4.46. The number of thioether (sulfide) groups is 1. The lowest BCUT2D eigenvalue weighted by molar-refractivity contribution is -0.119. The number of aryl methyl sites for hydroxylation is 2. The summed E-state index contributed by atoms with van der Waals surface area (Å²) in [6, 6.07) is 8.37. The monoisotopic (exact) mass is 400 g/mol. The van der Waals surface area contributed by atoms with Crippen molar-refractivity contribution in [1.82, 2.24) is 20.3 Å². The van der Waals surface area contributed by atoms with Crippen molar-refractivity contribution in [3.63, 3.8) is 0 Å². The quantitative estimate of drug-likeness (QED) is 0.620. The van der Waals surface area contributed by atoms with E-state index in [-0.39, 0.29) is 11.9 Å². The molecule has 0 spiro atoms. The summed E-state index contributed by atoms with van der Waals surface area (Å²) in [5, 5.41) is 4.30. The Hall–Kier alpha value is -2.05. The Morgan fingerprint density at radius 2 is 2.11 bits per heavy atom. The number of fused-ring (bicyclic) bond motifs is 2. The first-order chi connectivity index (χ1) is 13.1. The molecule has 2 N–H and O–H groups in total. The van der Waals surface area contributed by atoms with Crippen molar-refractivity contribution in [3.05, 3.63) is 52.2 Å². The molecular weight excluding hydrogens is 380 g/mol. The highest BCUT2D eigenvalue weighted by Gasteiger charge is 2.15. The third kappa shape index (κ3) is 4.28. The number of carbonyl (C=O) groups is 1. The van der Waals surface area contributed by atoms with Gasteiger partial charge in [0.25, 0.3) is 0 Å². The maximum atomic E-state index is 12.3. The highest BCUT2D eigenvalue weighted by atomic mass is 35.5. The van der Waals surface area contributed by atoms with Gasteiger partial charge in [-0.25, -0.2) is 9.97 Å². The predicted molar refractivity (Wildman–Crippen MR) is 109 cm³/mol. The van der Waals surface area contributed by atoms with E-state index in [2.05, 4.69) is 38.5 Å². The largest absolute Gasteiger partial charge is 0.349 e. The average Bonchev–Trinajstić information content (AvgIpc) is 3.08. The number of nitrogens with zero attached hydrogens (tertiary/aromatic N) is 2. The standard InChI is InChI=1S/C20H21ClN4OS/c1-12(14-7-6-13-4-2-3-5-15(13)8-14)23-18(26)11-27-20-24-17-9-16(21)10-22-19(17)25-20/h6-10,12H,2-5,11H2,1H3,(H,23,26)(H,22,24,25)/t12-/m1/s1. The third-order valence-corrected chi connectivity index (χ3v) is 5.95. The molecule has 140 valence electrons. The van der Waals surface area contributed by atoms with Crippen LogP contribution in [0.3, 0.4) is 0 Å². The first kappa shape index (κ1) is 18.3. The van der Waals surface area contributed by atoms with Gasteiger partial charge in [0.05, 0.1) is 22.3 Å². The lowest BCUT2D eigenvalue weighted by Crippen LogP contribution is -2.28. The molecule has 7 heteroatoms. The number of H-pyrrole nitrogens is 1. The number of hydrogen-bond donors (Lipinski definition) is 2. The van der Waals surface area contributed by atoms with E-state index in [1.54, 1.807) is 12.3 Å². The Labute approximate surface area is 167 Å². The van der Waals surface area contributed by atoms with Gasteiger partial charge in [-0.15, -0.1) is 0 Å². The third-order valence-electron chi connectivity index (χ3n) is 4.87. The van der Waals surface area contributed by atoms with Crippen LogP contribution in [-0.2, 0) is 17.6 Å². The van der Waals surface area contributed by atoms with E-state index in [0.29, 0.717) is 21.6 Å². The van der Waals surface area contributed by atoms with E-state index in [0.717, 1.165) is 17.5 Å². The van der Waals surface area contributed by atoms with Gasteiger partial charge < -0.3 is 10.3 Å². The Balaban J connectivity index is 1.35. The normalized spacial score (nSPS) is 14.7. The van der Waals surface area contributed by atoms with Crippen LogP contribution in [-0.4, -0.2) is 26.6 Å². The van der Waals surface area contributed by atoms with Crippen molar-refractivity contribution < 1.29 is 4.79 Å². The van der Waals surface area contributed by atoms with Gasteiger partial charge in [-0.1, -0.05) is 41.6 Å². The first-order valence-electron chi connectivity index (χ1n) is 9.13. The van der Waals surface area contributed by atoms with Gasteiger partial charge >= 0.3 is 0 Å². The zero-order chi connectivity index (χ0) is 18.8. The molecule has 1 amide bonds. The van der Waals surface area contributed by atoms with Gasteiger partial charge in [-0.2, -0.15) is 0 Å². The van der Waals surface area contributed by atoms with Crippen LogP contribution in [0.4, 0.5) is 0 Å². The summed E-state index contributed by atoms with van der Waals surface area (Å²) in [6.45, 7) is 2.03. The molecule has 2 aromatic heterocycles. The Morgan fingerprint density at radius 3 is 2.96 bits per heavy atom. The second-order valence-corrected chi connectivity index (χ2v) is 8.28. The molecule has 0 aliphatic heterocycles. The number of benzene rings is 1. The van der Waals surface area contributed by atoms with E-state index in [1.807, 2.05) is 6.92 Å². The number of aromatic nitrogens is 3. The van der Waals surface area contributed by atoms with E-state index in [9.17, 15) is 4.79 Å². The number of hydrogen-bond acceptors (Lipinski definition) is 4. The second kappa shape index (κ2) is 7.90. The van der Waals surface area contributed by atoms with Gasteiger partial charge in [0, 0.05) is 6.20 Å². The van der Waals surface area contributed by atoms with Gasteiger partial charge in [-0.3, -0.25) is 4.79 Å². The SMILES string of the molecule is C[C@@H](NC(=O)CSc1nc2ncc(Cl)cc2[nH]1)c1ccc2c(c1)CCCC2. The van der Waals surface area contributed by atoms with Crippen molar-refractivity contribution in [2.75, 3.05) is 5.75 Å². The molecule has 27 heavy (non-hydrogen) atoms. The Kier molecular flexibility index (Phi) is 5.36. The summed E-state index contributed by atoms with van der Waals surface area (Å²) in [4.78, 5) is 24.0. The Bertz CT molecular complexity index is 987. The fourth-order valence-corrected chi connectivity index (χ4v) is 4.29. The molecule has 3 aromatic rings. The van der Waals surface area contributed by atoms with Gasteiger partial charge in [-0.05, 0) is 55.4 Å². The molecule has 1 atom stereocenters. The zero-order valence-corrected chi connectivity index (χ0v) is 16.7. The topological polar surface area (TPSA) is 70.7 Å². The molecule has 0 unspecified atom stereocenters. The molecule has 0 bridgehead atoms. The van der Waals surface area contributed by atoms with Crippen LogP contribution in [0.1, 0.15) is 42.5 Å². The number of nitrogens with one attached hydrogen (secondary N) is 2. The molecule has 0 radical (unpaired) electrons. The van der Waals surface area contributed by atoms with Crippen LogP contribution in [0.5, 0.6) is 0 Å². The minimum atomic E-state index is -0.0170. The summed E-state index contributed by atoms with van der Waals surface area (Å²) < 4.78 is 0. The summed E-state index contributed by atoms with van der Waals surface area (Å²) >= 11 is 7.29. The summed E-state index contributed by atoms with van der Waals surface area (Å²) in [5.41, 5.74) is 5.43. The fourth-order valence-electron chi connectivity index (χ4n) is 3.44. The Morgan fingerprint density at radius 1 is 1.30 bits per heavy atom. The minimum absolute atomic E-state index is 0.0125. The zero-order valence-electron chi connectivity index (χ0n) is 15.1. The number of rotatable bonds is 5. The first-order valence-corrected chi connectivity index (χ1v) is 10.5. The number of carbonyl (C=O) groups excluding carboxylic acids is 1. The number of halogens is 1. The van der Waals surface area contributed by atoms with Crippen LogP contribution in [0.2, 0.25) is 5.02 Å². The van der Waals surface area contributed by atoms with Crippen molar-refractivity contribution in [3.8, 4) is 0 Å². The second-order valence-electron chi connectivity index (χ2n) is 6.88. The molecule has 1 aliphatic rings. The molecule has 0 saturated carbocycles. The van der Waals surface area contributed by atoms with Crippen LogP contribution in [0.15, 0.2) is 35.6 Å². The summed E-state index contributed by atoms with van der Waals surface area (Å²) in [5.74, 6) is 0.278. The number of amides is 1. The minimum Gasteiger partial charge on any atom is -0.349 e. The molecule has 1 aromatic carbocycles. The highest BCUT2D eigenvalue weighted by Crippen LogP contribution is 2.25. The van der Waals surface area contributed by atoms with Crippen molar-refractivity contribution >= 4 is 40.4 Å². The van der Waals surface area contributed by atoms with Gasteiger partial charge in [0.15, 0.2) is 10.8 Å². The number of aromatic amines is 1. The van der Waals surface area contributed by atoms with Gasteiger partial charge in [0.1, 0.15) is 0 Å². The molecule has 4 rings (SSSR count). The highest BCUT2D eigenvalue weighted by molar-refractivity contribution is 7.99. The molecule has 0 saturated heterocycles. The smallest absolute Gasteiger partial charge is 0.230 e. The van der Waals surface area contributed by atoms with Crippen LogP contribution >= 0.6 is 23.4 Å². The molecule has 1 aliphatic carbocycles. The van der Waals surface area contributed by atoms with E-state index in [1.165, 1.54) is 42.2 Å². The van der Waals surface area contributed by atoms with E-state index in [4.69, 9.17) is 11.6 Å². The van der Waals surface area contributed by atoms with Gasteiger partial charge in [0.2, 0.25) is 5.91 Å². The molecule has 0 fully saturated rings. The summed E-state index contributed by atoms with van der Waals surface area (Å²) in [6.07, 6.45) is 6.41. The lowest BCUT2D eigenvalue weighted by atomic mass is 9.89. The maximum absolute atomic E-state index is 12.3. The number of imidazole rings is 1. The molecule has 2 heterocycles. The van der Waals surface area contributed by atoms with Crippen molar-refractivity contribution in [2.45, 2.75) is 43.8 Å². The van der Waals surface area contributed by atoms with E-state index >= 15 is 0 Å². The molecular formula is C20H21ClN4OS. The fraction of sp³-hybridized carbons (Fsp3) is 0.350.